The first kappa shape index (κ1) is 21.1. The summed E-state index contributed by atoms with van der Waals surface area (Å²) in [6, 6.07) is 8.51. The van der Waals surface area contributed by atoms with Crippen molar-refractivity contribution in [3.63, 3.8) is 0 Å². The molecule has 2 aromatic heterocycles. The number of benzene rings is 1. The van der Waals surface area contributed by atoms with Crippen LogP contribution in [-0.2, 0) is 0 Å². The van der Waals surface area contributed by atoms with Crippen LogP contribution in [0, 0.1) is 5.82 Å². The van der Waals surface area contributed by atoms with Gasteiger partial charge in [-0.3, -0.25) is 4.79 Å². The highest BCUT2D eigenvalue weighted by atomic mass is 19.1. The second-order valence-corrected chi connectivity index (χ2v) is 8.39. The van der Waals surface area contributed by atoms with Gasteiger partial charge < -0.3 is 9.80 Å². The first-order valence-corrected chi connectivity index (χ1v) is 10.5. The minimum absolute atomic E-state index is 0.0226. The Balaban J connectivity index is 1.70. The molecular weight excluding hydrogens is 395 g/mol. The van der Waals surface area contributed by atoms with Gasteiger partial charge in [0.05, 0.1) is 23.1 Å². The van der Waals surface area contributed by atoms with Crippen LogP contribution < -0.4 is 0 Å². The van der Waals surface area contributed by atoms with Crippen molar-refractivity contribution in [3.8, 4) is 17.2 Å². The first-order chi connectivity index (χ1) is 14.9. The Morgan fingerprint density at radius 1 is 1.23 bits per heavy atom. The number of halogens is 1. The third-order valence-corrected chi connectivity index (χ3v) is 5.75. The fraction of sp³-hybridized carbons (Fsp3) is 0.391. The molecule has 0 radical (unpaired) electrons. The van der Waals surface area contributed by atoms with Crippen LogP contribution >= 0.6 is 0 Å². The van der Waals surface area contributed by atoms with Crippen molar-refractivity contribution in [2.45, 2.75) is 32.2 Å². The molecule has 3 heterocycles. The van der Waals surface area contributed by atoms with Gasteiger partial charge in [-0.2, -0.15) is 5.10 Å². The highest BCUT2D eigenvalue weighted by Crippen LogP contribution is 2.26. The lowest BCUT2D eigenvalue weighted by Gasteiger charge is -2.21. The average molecular weight is 423 g/mol. The summed E-state index contributed by atoms with van der Waals surface area (Å²) in [6.07, 6.45) is 4.14. The SMILES string of the molecule is CC(C)c1c(C(=O)N2CCC(N(C)C)C2)cnn1-c1nccc(-c2ccccc2F)n1. The number of nitrogens with zero attached hydrogens (tertiary/aromatic N) is 6. The molecule has 7 nitrogen and oxygen atoms in total. The van der Waals surface area contributed by atoms with Gasteiger partial charge >= 0.3 is 0 Å². The third kappa shape index (κ3) is 4.07. The molecule has 1 atom stereocenters. The number of likely N-dealkylation sites (tertiary alicyclic amines) is 1. The maximum absolute atomic E-state index is 14.3. The summed E-state index contributed by atoms with van der Waals surface area (Å²) < 4.78 is 15.9. The Bertz CT molecular complexity index is 1090. The van der Waals surface area contributed by atoms with Gasteiger partial charge in [0.1, 0.15) is 5.82 Å². The summed E-state index contributed by atoms with van der Waals surface area (Å²) in [5.41, 5.74) is 2.18. The molecular formula is C23H27FN6O. The smallest absolute Gasteiger partial charge is 0.257 e. The predicted octanol–water partition coefficient (Wildman–Crippen LogP) is 3.37. The van der Waals surface area contributed by atoms with E-state index >= 15 is 0 Å². The fourth-order valence-corrected chi connectivity index (χ4v) is 4.03. The van der Waals surface area contributed by atoms with Crippen LogP contribution in [0.15, 0.2) is 42.7 Å². The monoisotopic (exact) mass is 422 g/mol. The molecule has 1 fully saturated rings. The van der Waals surface area contributed by atoms with E-state index in [2.05, 4.69) is 20.0 Å². The molecule has 3 aromatic rings. The lowest BCUT2D eigenvalue weighted by Crippen LogP contribution is -2.34. The van der Waals surface area contributed by atoms with Crippen LogP contribution in [0.5, 0.6) is 0 Å². The number of carbonyl (C=O) groups excluding carboxylic acids is 1. The molecule has 0 spiro atoms. The summed E-state index contributed by atoms with van der Waals surface area (Å²) in [5.74, 6) is -0.0351. The number of hydrogen-bond donors (Lipinski definition) is 0. The van der Waals surface area contributed by atoms with E-state index in [4.69, 9.17) is 0 Å². The summed E-state index contributed by atoms with van der Waals surface area (Å²) in [7, 11) is 4.08. The molecule has 0 aliphatic carbocycles. The normalized spacial score (nSPS) is 16.5. The zero-order chi connectivity index (χ0) is 22.1. The molecule has 0 saturated carbocycles. The molecule has 1 saturated heterocycles. The largest absolute Gasteiger partial charge is 0.337 e. The zero-order valence-corrected chi connectivity index (χ0v) is 18.3. The topological polar surface area (TPSA) is 67.2 Å². The van der Waals surface area contributed by atoms with Crippen LogP contribution in [0.25, 0.3) is 17.2 Å². The molecule has 31 heavy (non-hydrogen) atoms. The number of carbonyl (C=O) groups is 1. The highest BCUT2D eigenvalue weighted by Gasteiger charge is 2.31. The fourth-order valence-electron chi connectivity index (χ4n) is 4.03. The molecule has 1 unspecified atom stereocenters. The Hall–Kier alpha value is -3.13. The van der Waals surface area contributed by atoms with E-state index < -0.39 is 0 Å². The summed E-state index contributed by atoms with van der Waals surface area (Å²) in [6.45, 7) is 5.45. The van der Waals surface area contributed by atoms with Crippen LogP contribution in [-0.4, -0.2) is 68.7 Å². The lowest BCUT2D eigenvalue weighted by molar-refractivity contribution is 0.0781. The molecule has 8 heteroatoms. The van der Waals surface area contributed by atoms with E-state index in [-0.39, 0.29) is 17.6 Å². The molecule has 1 amide bonds. The second-order valence-electron chi connectivity index (χ2n) is 8.39. The van der Waals surface area contributed by atoms with E-state index in [1.807, 2.05) is 32.8 Å². The van der Waals surface area contributed by atoms with E-state index in [9.17, 15) is 9.18 Å². The van der Waals surface area contributed by atoms with E-state index in [1.54, 1.807) is 41.3 Å². The maximum atomic E-state index is 14.3. The van der Waals surface area contributed by atoms with Crippen LogP contribution in [0.1, 0.15) is 42.2 Å². The third-order valence-electron chi connectivity index (χ3n) is 5.75. The Morgan fingerprint density at radius 2 is 2.00 bits per heavy atom. The van der Waals surface area contributed by atoms with Crippen LogP contribution in [0.2, 0.25) is 0 Å². The molecule has 4 rings (SSSR count). The van der Waals surface area contributed by atoms with E-state index in [1.165, 1.54) is 6.07 Å². The van der Waals surface area contributed by atoms with E-state index in [0.29, 0.717) is 35.4 Å². The quantitative estimate of drug-likeness (QED) is 0.631. The Labute approximate surface area is 181 Å². The highest BCUT2D eigenvalue weighted by molar-refractivity contribution is 5.95. The van der Waals surface area contributed by atoms with Crippen molar-refractivity contribution in [1.29, 1.82) is 0 Å². The Morgan fingerprint density at radius 3 is 2.68 bits per heavy atom. The first-order valence-electron chi connectivity index (χ1n) is 10.5. The molecule has 162 valence electrons. The lowest BCUT2D eigenvalue weighted by atomic mass is 10.1. The van der Waals surface area contributed by atoms with Gasteiger partial charge in [-0.25, -0.2) is 19.0 Å². The number of aromatic nitrogens is 4. The zero-order valence-electron chi connectivity index (χ0n) is 18.3. The summed E-state index contributed by atoms with van der Waals surface area (Å²) in [5, 5.41) is 4.45. The molecule has 1 aromatic carbocycles. The number of amides is 1. The van der Waals surface area contributed by atoms with Gasteiger partial charge in [-0.05, 0) is 44.6 Å². The average Bonchev–Trinajstić information content (AvgIpc) is 3.41. The molecule has 0 N–H and O–H groups in total. The van der Waals surface area contributed by atoms with Crippen molar-refractivity contribution in [3.05, 3.63) is 59.8 Å². The number of rotatable bonds is 5. The van der Waals surface area contributed by atoms with Gasteiger partial charge in [0.2, 0.25) is 0 Å². The summed E-state index contributed by atoms with van der Waals surface area (Å²) >= 11 is 0. The standard InChI is InChI=1S/C23H27FN6O/c1-15(2)21-18(22(31)29-12-10-16(14-29)28(3)4)13-26-30(21)23-25-11-9-20(27-23)17-7-5-6-8-19(17)24/h5-9,11,13,15-16H,10,12,14H2,1-4H3. The summed E-state index contributed by atoms with van der Waals surface area (Å²) in [4.78, 5) is 26.2. The van der Waals surface area contributed by atoms with Crippen LogP contribution in [0.4, 0.5) is 4.39 Å². The minimum Gasteiger partial charge on any atom is -0.337 e. The van der Waals surface area contributed by atoms with Gasteiger partial charge in [-0.1, -0.05) is 26.0 Å². The van der Waals surface area contributed by atoms with Crippen molar-refractivity contribution in [1.82, 2.24) is 29.5 Å². The van der Waals surface area contributed by atoms with Crippen LogP contribution in [0.3, 0.4) is 0 Å². The minimum atomic E-state index is -0.350. The van der Waals surface area contributed by atoms with Gasteiger partial charge in [-0.15, -0.1) is 0 Å². The van der Waals surface area contributed by atoms with Gasteiger partial charge in [0.15, 0.2) is 0 Å². The molecule has 0 bridgehead atoms. The van der Waals surface area contributed by atoms with E-state index in [0.717, 1.165) is 18.7 Å². The predicted molar refractivity (Wildman–Crippen MR) is 117 cm³/mol. The van der Waals surface area contributed by atoms with Gasteiger partial charge in [0, 0.05) is 30.9 Å². The van der Waals surface area contributed by atoms with Crippen molar-refractivity contribution in [2.24, 2.45) is 0 Å². The van der Waals surface area contributed by atoms with Crippen molar-refractivity contribution < 1.29 is 9.18 Å². The molecule has 1 aliphatic rings. The molecule has 1 aliphatic heterocycles. The second kappa shape index (κ2) is 8.55. The van der Waals surface area contributed by atoms with Gasteiger partial charge in [0.25, 0.3) is 11.9 Å². The Kier molecular flexibility index (Phi) is 5.82. The van der Waals surface area contributed by atoms with Crippen molar-refractivity contribution in [2.75, 3.05) is 27.2 Å². The maximum Gasteiger partial charge on any atom is 0.257 e. The number of likely N-dealkylation sites (N-methyl/N-ethyl adjacent to an activating group) is 1. The number of hydrogen-bond acceptors (Lipinski definition) is 5. The van der Waals surface area contributed by atoms with Crippen molar-refractivity contribution >= 4 is 5.91 Å².